The van der Waals surface area contributed by atoms with Crippen LogP contribution in [0, 0.1) is 5.82 Å². The van der Waals surface area contributed by atoms with Crippen LogP contribution in [0.15, 0.2) is 22.6 Å². The van der Waals surface area contributed by atoms with Crippen molar-refractivity contribution >= 4 is 17.1 Å². The average Bonchev–Trinajstić information content (AvgIpc) is 2.73. The Morgan fingerprint density at radius 2 is 2.06 bits per heavy atom. The Bertz CT molecular complexity index is 506. The van der Waals surface area contributed by atoms with E-state index in [1.807, 2.05) is 4.90 Å². The zero-order valence-corrected chi connectivity index (χ0v) is 8.65. The van der Waals surface area contributed by atoms with Gasteiger partial charge in [0.1, 0.15) is 11.3 Å². The molecule has 0 spiro atoms. The minimum atomic E-state index is -0.308. The third-order valence-corrected chi connectivity index (χ3v) is 2.62. The molecule has 0 bridgehead atoms. The van der Waals surface area contributed by atoms with Gasteiger partial charge in [-0.05, 0) is 12.1 Å². The number of rotatable bonds is 1. The van der Waals surface area contributed by atoms with Crippen molar-refractivity contribution in [2.75, 3.05) is 31.2 Å². The van der Waals surface area contributed by atoms with Crippen LogP contribution in [0.3, 0.4) is 0 Å². The summed E-state index contributed by atoms with van der Waals surface area (Å²) in [6.07, 6.45) is 0. The first kappa shape index (κ1) is 9.59. The van der Waals surface area contributed by atoms with Gasteiger partial charge in [-0.2, -0.15) is 4.98 Å². The van der Waals surface area contributed by atoms with E-state index < -0.39 is 0 Å². The van der Waals surface area contributed by atoms with E-state index in [4.69, 9.17) is 9.15 Å². The standard InChI is InChI=1S/C11H11FN2O2/c12-8-1-2-9-10(7-8)16-11(13-9)14-3-5-15-6-4-14/h1-2,7H,3-6H2. The second-order valence-corrected chi connectivity index (χ2v) is 3.71. The van der Waals surface area contributed by atoms with E-state index in [0.717, 1.165) is 13.1 Å². The highest BCUT2D eigenvalue weighted by Gasteiger charge is 2.16. The van der Waals surface area contributed by atoms with Crippen LogP contribution >= 0.6 is 0 Å². The van der Waals surface area contributed by atoms with E-state index in [1.54, 1.807) is 6.07 Å². The molecule has 1 fully saturated rings. The highest BCUT2D eigenvalue weighted by atomic mass is 19.1. The zero-order chi connectivity index (χ0) is 11.0. The number of oxazole rings is 1. The van der Waals surface area contributed by atoms with Crippen LogP contribution in [0.5, 0.6) is 0 Å². The van der Waals surface area contributed by atoms with Crippen molar-refractivity contribution in [1.82, 2.24) is 4.98 Å². The van der Waals surface area contributed by atoms with Crippen molar-refractivity contribution in [3.8, 4) is 0 Å². The molecule has 1 aliphatic rings. The van der Waals surface area contributed by atoms with E-state index >= 15 is 0 Å². The summed E-state index contributed by atoms with van der Waals surface area (Å²) in [6, 6.07) is 4.90. The SMILES string of the molecule is Fc1ccc2nc(N3CCOCC3)oc2c1. The molecule has 0 amide bonds. The normalized spacial score (nSPS) is 16.9. The number of morpholine rings is 1. The molecule has 0 aliphatic carbocycles. The topological polar surface area (TPSA) is 38.5 Å². The summed E-state index contributed by atoms with van der Waals surface area (Å²) in [7, 11) is 0. The number of fused-ring (bicyclic) bond motifs is 1. The minimum Gasteiger partial charge on any atom is -0.423 e. The Morgan fingerprint density at radius 3 is 2.88 bits per heavy atom. The maximum absolute atomic E-state index is 13.0. The largest absolute Gasteiger partial charge is 0.423 e. The molecule has 84 valence electrons. The molecule has 2 aromatic rings. The summed E-state index contributed by atoms with van der Waals surface area (Å²) in [5.41, 5.74) is 1.17. The Kier molecular flexibility index (Phi) is 2.25. The van der Waals surface area contributed by atoms with Gasteiger partial charge in [-0.25, -0.2) is 4.39 Å². The Hall–Kier alpha value is -1.62. The number of hydrogen-bond donors (Lipinski definition) is 0. The number of halogens is 1. The maximum Gasteiger partial charge on any atom is 0.298 e. The smallest absolute Gasteiger partial charge is 0.298 e. The van der Waals surface area contributed by atoms with Crippen molar-refractivity contribution in [3.63, 3.8) is 0 Å². The first-order valence-corrected chi connectivity index (χ1v) is 5.22. The lowest BCUT2D eigenvalue weighted by Crippen LogP contribution is -2.36. The molecule has 5 heteroatoms. The summed E-state index contributed by atoms with van der Waals surface area (Å²) in [5.74, 6) is -0.308. The van der Waals surface area contributed by atoms with Crippen molar-refractivity contribution in [2.24, 2.45) is 0 Å². The molecule has 1 aromatic carbocycles. The average molecular weight is 222 g/mol. The van der Waals surface area contributed by atoms with Crippen molar-refractivity contribution < 1.29 is 13.5 Å². The van der Waals surface area contributed by atoms with Crippen LogP contribution in [0.2, 0.25) is 0 Å². The summed E-state index contributed by atoms with van der Waals surface area (Å²) >= 11 is 0. The van der Waals surface area contributed by atoms with E-state index in [-0.39, 0.29) is 5.82 Å². The highest BCUT2D eigenvalue weighted by molar-refractivity contribution is 5.74. The van der Waals surface area contributed by atoms with Crippen molar-refractivity contribution in [1.29, 1.82) is 0 Å². The molecule has 0 unspecified atom stereocenters. The van der Waals surface area contributed by atoms with Crippen LogP contribution < -0.4 is 4.90 Å². The molecule has 0 N–H and O–H groups in total. The van der Waals surface area contributed by atoms with Gasteiger partial charge in [0.05, 0.1) is 13.2 Å². The summed E-state index contributed by atoms with van der Waals surface area (Å²) in [6.45, 7) is 2.87. The zero-order valence-electron chi connectivity index (χ0n) is 8.65. The van der Waals surface area contributed by atoms with Gasteiger partial charge >= 0.3 is 0 Å². The number of benzene rings is 1. The lowest BCUT2D eigenvalue weighted by Gasteiger charge is -2.24. The molecule has 0 saturated carbocycles. The first-order valence-electron chi connectivity index (χ1n) is 5.22. The van der Waals surface area contributed by atoms with Crippen LogP contribution in [0.4, 0.5) is 10.4 Å². The molecule has 3 rings (SSSR count). The molecule has 0 radical (unpaired) electrons. The molecular weight excluding hydrogens is 211 g/mol. The molecule has 1 saturated heterocycles. The lowest BCUT2D eigenvalue weighted by atomic mass is 10.3. The fraction of sp³-hybridized carbons (Fsp3) is 0.364. The molecule has 2 heterocycles. The number of ether oxygens (including phenoxy) is 1. The van der Waals surface area contributed by atoms with Crippen LogP contribution in [-0.4, -0.2) is 31.3 Å². The molecule has 1 aliphatic heterocycles. The Morgan fingerprint density at radius 1 is 1.25 bits per heavy atom. The van der Waals surface area contributed by atoms with Gasteiger partial charge in [-0.1, -0.05) is 0 Å². The van der Waals surface area contributed by atoms with E-state index in [0.29, 0.717) is 30.3 Å². The third-order valence-electron chi connectivity index (χ3n) is 2.62. The van der Waals surface area contributed by atoms with E-state index in [9.17, 15) is 4.39 Å². The summed E-state index contributed by atoms with van der Waals surface area (Å²) in [4.78, 5) is 6.32. The predicted molar refractivity (Wildman–Crippen MR) is 57.0 cm³/mol. The van der Waals surface area contributed by atoms with Crippen LogP contribution in [-0.2, 0) is 4.74 Å². The second-order valence-electron chi connectivity index (χ2n) is 3.71. The van der Waals surface area contributed by atoms with Crippen LogP contribution in [0.25, 0.3) is 11.1 Å². The Balaban J connectivity index is 1.97. The van der Waals surface area contributed by atoms with Gasteiger partial charge in [-0.15, -0.1) is 0 Å². The quantitative estimate of drug-likeness (QED) is 0.737. The molecular formula is C11H11FN2O2. The van der Waals surface area contributed by atoms with Gasteiger partial charge in [-0.3, -0.25) is 0 Å². The predicted octanol–water partition coefficient (Wildman–Crippen LogP) is 1.80. The molecule has 16 heavy (non-hydrogen) atoms. The van der Waals surface area contributed by atoms with Gasteiger partial charge in [0.25, 0.3) is 6.01 Å². The number of nitrogens with zero attached hydrogens (tertiary/aromatic N) is 2. The number of aromatic nitrogens is 1. The third kappa shape index (κ3) is 1.63. The Labute approximate surface area is 91.6 Å². The fourth-order valence-electron chi connectivity index (χ4n) is 1.78. The van der Waals surface area contributed by atoms with Crippen molar-refractivity contribution in [3.05, 3.63) is 24.0 Å². The van der Waals surface area contributed by atoms with Gasteiger partial charge in [0.2, 0.25) is 0 Å². The van der Waals surface area contributed by atoms with E-state index in [1.165, 1.54) is 12.1 Å². The highest BCUT2D eigenvalue weighted by Crippen LogP contribution is 2.23. The number of hydrogen-bond acceptors (Lipinski definition) is 4. The van der Waals surface area contributed by atoms with Gasteiger partial charge < -0.3 is 14.1 Å². The fourth-order valence-corrected chi connectivity index (χ4v) is 1.78. The summed E-state index contributed by atoms with van der Waals surface area (Å²) in [5, 5.41) is 0. The van der Waals surface area contributed by atoms with E-state index in [2.05, 4.69) is 4.98 Å². The first-order chi connectivity index (χ1) is 7.83. The monoisotopic (exact) mass is 222 g/mol. The molecule has 4 nitrogen and oxygen atoms in total. The molecule has 1 aromatic heterocycles. The van der Waals surface area contributed by atoms with Gasteiger partial charge in [0, 0.05) is 19.2 Å². The second kappa shape index (κ2) is 3.75. The molecule has 0 atom stereocenters. The summed E-state index contributed by atoms with van der Waals surface area (Å²) < 4.78 is 23.7. The van der Waals surface area contributed by atoms with Gasteiger partial charge in [0.15, 0.2) is 5.58 Å². The maximum atomic E-state index is 13.0. The van der Waals surface area contributed by atoms with Crippen LogP contribution in [0.1, 0.15) is 0 Å². The number of anilines is 1. The van der Waals surface area contributed by atoms with Crippen molar-refractivity contribution in [2.45, 2.75) is 0 Å². The lowest BCUT2D eigenvalue weighted by molar-refractivity contribution is 0.120. The minimum absolute atomic E-state index is 0.308.